The van der Waals surface area contributed by atoms with Crippen LogP contribution in [0, 0.1) is 17.8 Å². The topological polar surface area (TPSA) is 234 Å². The van der Waals surface area contributed by atoms with Gasteiger partial charge in [0.1, 0.15) is 22.5 Å². The van der Waals surface area contributed by atoms with Crippen LogP contribution in [0.1, 0.15) is 115 Å². The van der Waals surface area contributed by atoms with Crippen LogP contribution < -0.4 is 21.7 Å². The molecule has 0 radical (unpaired) electrons. The summed E-state index contributed by atoms with van der Waals surface area (Å²) >= 11 is 1.11. The highest BCUT2D eigenvalue weighted by atomic mass is 32.1. The fraction of sp³-hybridized carbons (Fsp3) is 0.634. The number of carboxylic acid groups (broad SMARTS) is 1. The van der Waals surface area contributed by atoms with E-state index in [1.165, 1.54) is 25.3 Å². The number of ether oxygens (including phenoxy) is 1. The number of nitrogens with one attached hydrogen (secondary N) is 3. The lowest BCUT2D eigenvalue weighted by molar-refractivity contribution is -0.149. The van der Waals surface area contributed by atoms with Gasteiger partial charge in [0, 0.05) is 44.3 Å². The molecule has 0 aliphatic rings. The molecular weight excluding hydrogens is 767 g/mol. The van der Waals surface area contributed by atoms with Crippen molar-refractivity contribution < 1.29 is 43.7 Å². The number of aliphatic carboxylic acids is 1. The number of aromatic nitrogens is 1. The Morgan fingerprint density at radius 3 is 2.22 bits per heavy atom. The first kappa shape index (κ1) is 49.5. The highest BCUT2D eigenvalue weighted by Crippen LogP contribution is 2.32. The van der Waals surface area contributed by atoms with Crippen LogP contribution in [0.2, 0.25) is 0 Å². The number of nitrogens with two attached hydrogens (primary N) is 1. The van der Waals surface area contributed by atoms with Crippen molar-refractivity contribution in [3.8, 4) is 5.75 Å². The summed E-state index contributed by atoms with van der Waals surface area (Å²) < 4.78 is 5.76. The molecule has 0 aliphatic carbocycles. The number of hydrogen-bond donors (Lipinski definition) is 6. The maximum absolute atomic E-state index is 14.2. The van der Waals surface area contributed by atoms with E-state index in [0.717, 1.165) is 11.3 Å². The summed E-state index contributed by atoms with van der Waals surface area (Å²) in [4.78, 5) is 85.7. The number of amides is 4. The molecule has 2 aromatic rings. The molecule has 324 valence electrons. The van der Waals surface area contributed by atoms with E-state index in [0.29, 0.717) is 30.0 Å². The number of carboxylic acids is 1. The molecule has 0 unspecified atom stereocenters. The van der Waals surface area contributed by atoms with E-state index in [2.05, 4.69) is 20.9 Å². The lowest BCUT2D eigenvalue weighted by Gasteiger charge is -2.38. The van der Waals surface area contributed by atoms with Gasteiger partial charge in [0.05, 0.1) is 17.1 Å². The third-order valence-electron chi connectivity index (χ3n) is 10.7. The number of nitrogens with zero attached hydrogens (tertiary/aromatic N) is 3. The van der Waals surface area contributed by atoms with Crippen LogP contribution >= 0.6 is 11.3 Å². The molecule has 16 nitrogen and oxygen atoms in total. The van der Waals surface area contributed by atoms with Crippen molar-refractivity contribution in [2.45, 2.75) is 124 Å². The van der Waals surface area contributed by atoms with Crippen LogP contribution in [0.5, 0.6) is 5.75 Å². The van der Waals surface area contributed by atoms with Gasteiger partial charge in [-0.3, -0.25) is 33.7 Å². The van der Waals surface area contributed by atoms with E-state index in [-0.39, 0.29) is 72.4 Å². The number of carbonyl (C=O) groups is 6. The van der Waals surface area contributed by atoms with Gasteiger partial charge in [0.2, 0.25) is 17.7 Å². The zero-order chi connectivity index (χ0) is 44.1. The van der Waals surface area contributed by atoms with Gasteiger partial charge in [0.25, 0.3) is 5.91 Å². The predicted molar refractivity (Wildman–Crippen MR) is 223 cm³/mol. The first-order valence-corrected chi connectivity index (χ1v) is 20.6. The molecule has 0 bridgehead atoms. The zero-order valence-electron chi connectivity index (χ0n) is 35.9. The van der Waals surface area contributed by atoms with Crippen LogP contribution in [0.15, 0.2) is 23.6 Å². The summed E-state index contributed by atoms with van der Waals surface area (Å²) in [6.07, 6.45) is 0.747. The molecule has 0 aliphatic heterocycles. The number of hydrogen-bond acceptors (Lipinski definition) is 12. The predicted octanol–water partition coefficient (Wildman–Crippen LogP) is 4.33. The number of anilines is 1. The number of benzene rings is 1. The molecule has 1 aromatic carbocycles. The number of rotatable bonds is 23. The van der Waals surface area contributed by atoms with Gasteiger partial charge in [0.15, 0.2) is 6.10 Å². The second kappa shape index (κ2) is 22.5. The normalized spacial score (nSPS) is 14.8. The smallest absolute Gasteiger partial charge is 0.306 e. The average molecular weight is 832 g/mol. The Hall–Kier alpha value is -4.61. The summed E-state index contributed by atoms with van der Waals surface area (Å²) in [7, 11) is 5.26. The molecule has 0 spiro atoms. The Labute approximate surface area is 346 Å². The van der Waals surface area contributed by atoms with Gasteiger partial charge in [-0.2, -0.15) is 0 Å². The molecule has 6 atom stereocenters. The van der Waals surface area contributed by atoms with Crippen LogP contribution in [0.4, 0.5) is 5.69 Å². The van der Waals surface area contributed by atoms with E-state index >= 15 is 0 Å². The standard InChI is InChI=1S/C41H65N7O9S/c1-12-24(4)35(46-40(56)41(7,8)47(9)10)38(53)48(11)31(23(2)3)21-33(57-26(6)49)37-45-30(22-58-37)36(52)43-28(18-25(5)39(54)55)19-27-15-16-32(50)29(20-27)44-34(51)14-13-17-42/h15-16,20,22-25,28,31,33,35,50H,12-14,17-19,21,42H2,1-11H3,(H,43,52)(H,44,51)(H,46,56)(H,54,55)/t24-,25-,28+,31+,33+,35-/m0/s1. The van der Waals surface area contributed by atoms with Crippen molar-refractivity contribution in [1.82, 2.24) is 25.4 Å². The summed E-state index contributed by atoms with van der Waals surface area (Å²) in [5.41, 5.74) is 5.46. The number of aromatic hydroxyl groups is 1. The lowest BCUT2D eigenvalue weighted by Crippen LogP contribution is -2.60. The van der Waals surface area contributed by atoms with Gasteiger partial charge in [-0.15, -0.1) is 11.3 Å². The Balaban J connectivity index is 2.38. The number of likely N-dealkylation sites (N-methyl/N-ethyl adjacent to an activating group) is 2. The lowest BCUT2D eigenvalue weighted by atomic mass is 9.92. The largest absolute Gasteiger partial charge is 0.506 e. The van der Waals surface area contributed by atoms with Gasteiger partial charge < -0.3 is 41.5 Å². The number of esters is 1. The van der Waals surface area contributed by atoms with Crippen LogP contribution in [-0.4, -0.2) is 112 Å². The van der Waals surface area contributed by atoms with Crippen molar-refractivity contribution in [2.75, 3.05) is 33.0 Å². The molecule has 0 saturated carbocycles. The van der Waals surface area contributed by atoms with Crippen LogP contribution in [0.25, 0.3) is 0 Å². The molecular formula is C41H65N7O9S. The Morgan fingerprint density at radius 2 is 1.67 bits per heavy atom. The maximum Gasteiger partial charge on any atom is 0.306 e. The third kappa shape index (κ3) is 14.3. The van der Waals surface area contributed by atoms with Crippen molar-refractivity contribution in [2.24, 2.45) is 23.5 Å². The first-order chi connectivity index (χ1) is 27.0. The van der Waals surface area contributed by atoms with Crippen LogP contribution in [-0.2, 0) is 35.1 Å². The molecule has 0 saturated heterocycles. The monoisotopic (exact) mass is 831 g/mol. The summed E-state index contributed by atoms with van der Waals surface area (Å²) in [5.74, 6) is -4.36. The second-order valence-corrected chi connectivity index (χ2v) is 17.0. The van der Waals surface area contributed by atoms with Crippen LogP contribution in [0.3, 0.4) is 0 Å². The summed E-state index contributed by atoms with van der Waals surface area (Å²) in [6.45, 7) is 14.4. The second-order valence-electron chi connectivity index (χ2n) is 16.1. The molecule has 2 rings (SSSR count). The fourth-order valence-corrected chi connectivity index (χ4v) is 7.01. The molecule has 1 aromatic heterocycles. The summed E-state index contributed by atoms with van der Waals surface area (Å²) in [6, 6.07) is 2.64. The van der Waals surface area contributed by atoms with Crippen molar-refractivity contribution in [1.29, 1.82) is 0 Å². The minimum Gasteiger partial charge on any atom is -0.506 e. The summed E-state index contributed by atoms with van der Waals surface area (Å²) in [5, 5.41) is 30.4. The maximum atomic E-state index is 14.2. The van der Waals surface area contributed by atoms with E-state index in [1.807, 2.05) is 27.7 Å². The van der Waals surface area contributed by atoms with E-state index in [4.69, 9.17) is 10.5 Å². The molecule has 0 fully saturated rings. The number of thiazole rings is 1. The third-order valence-corrected chi connectivity index (χ3v) is 11.6. The molecule has 7 N–H and O–H groups in total. The molecule has 1 heterocycles. The van der Waals surface area contributed by atoms with Crippen molar-refractivity contribution in [3.05, 3.63) is 39.8 Å². The SMILES string of the molecule is CC[C@H](C)[C@H](NC(=O)C(C)(C)N(C)C)C(=O)N(C)[C@H](C[C@@H](OC(C)=O)c1nc(C(=O)N[C@@H](Cc2ccc(O)c(NC(=O)CCCN)c2)C[C@H](C)C(=O)O)cs1)C(C)C. The quantitative estimate of drug-likeness (QED) is 0.0679. The van der Waals surface area contributed by atoms with Crippen molar-refractivity contribution >= 4 is 52.6 Å². The Bertz CT molecular complexity index is 1730. The zero-order valence-corrected chi connectivity index (χ0v) is 36.7. The Kier molecular flexibility index (Phi) is 19.2. The van der Waals surface area contributed by atoms with Gasteiger partial charge in [-0.05, 0) is 83.3 Å². The number of carbonyl (C=O) groups excluding carboxylic acids is 5. The van der Waals surface area contributed by atoms with Gasteiger partial charge in [-0.1, -0.05) is 47.1 Å². The highest BCUT2D eigenvalue weighted by Gasteiger charge is 2.39. The average Bonchev–Trinajstić information content (AvgIpc) is 3.65. The number of phenols is 1. The van der Waals surface area contributed by atoms with E-state index < -0.39 is 53.5 Å². The van der Waals surface area contributed by atoms with E-state index in [1.54, 1.807) is 56.9 Å². The van der Waals surface area contributed by atoms with E-state index in [9.17, 15) is 39.0 Å². The fourth-order valence-electron chi connectivity index (χ4n) is 6.17. The minimum atomic E-state index is -1.05. The van der Waals surface area contributed by atoms with Gasteiger partial charge in [-0.25, -0.2) is 4.98 Å². The first-order valence-electron chi connectivity index (χ1n) is 19.8. The molecule has 17 heteroatoms. The molecule has 58 heavy (non-hydrogen) atoms. The Morgan fingerprint density at radius 1 is 1.02 bits per heavy atom. The highest BCUT2D eigenvalue weighted by molar-refractivity contribution is 7.09. The van der Waals surface area contributed by atoms with Gasteiger partial charge >= 0.3 is 11.9 Å². The number of phenolic OH excluding ortho intramolecular Hbond substituents is 1. The molecule has 4 amide bonds. The minimum absolute atomic E-state index is 0.0253. The van der Waals surface area contributed by atoms with Crippen molar-refractivity contribution in [3.63, 3.8) is 0 Å².